The van der Waals surface area contributed by atoms with Crippen molar-refractivity contribution in [3.05, 3.63) is 29.8 Å². The van der Waals surface area contributed by atoms with Crippen molar-refractivity contribution >= 4 is 29.1 Å². The summed E-state index contributed by atoms with van der Waals surface area (Å²) >= 11 is 5.58. The Kier molecular flexibility index (Phi) is 3.06. The molecule has 3 nitrogen and oxygen atoms in total. The average Bonchev–Trinajstić information content (AvgIpc) is 2.52. The number of hydrogen-bond donors (Lipinski definition) is 0. The van der Waals surface area contributed by atoms with E-state index in [0.717, 1.165) is 12.1 Å². The van der Waals surface area contributed by atoms with Gasteiger partial charge in [-0.2, -0.15) is 13.2 Å². The first-order valence-electron chi connectivity index (χ1n) is 4.99. The summed E-state index contributed by atoms with van der Waals surface area (Å²) in [6.45, 7) is 0. The maximum absolute atomic E-state index is 12.8. The molecular formula is C11H7ClF3NO2. The quantitative estimate of drug-likeness (QED) is 0.584. The van der Waals surface area contributed by atoms with Gasteiger partial charge in [-0.15, -0.1) is 11.6 Å². The maximum Gasteiger partial charge on any atom is 0.418 e. The van der Waals surface area contributed by atoms with E-state index in [-0.39, 0.29) is 6.42 Å². The van der Waals surface area contributed by atoms with E-state index >= 15 is 0 Å². The van der Waals surface area contributed by atoms with E-state index in [4.69, 9.17) is 11.6 Å². The van der Waals surface area contributed by atoms with Crippen LogP contribution in [-0.2, 0) is 15.8 Å². The van der Waals surface area contributed by atoms with Gasteiger partial charge in [0.25, 0.3) is 5.91 Å². The summed E-state index contributed by atoms with van der Waals surface area (Å²) in [5, 5.41) is -1.10. The van der Waals surface area contributed by atoms with Gasteiger partial charge < -0.3 is 0 Å². The summed E-state index contributed by atoms with van der Waals surface area (Å²) in [7, 11) is 0. The molecule has 0 aromatic heterocycles. The first-order chi connectivity index (χ1) is 8.32. The van der Waals surface area contributed by atoms with Crippen molar-refractivity contribution in [2.75, 3.05) is 4.90 Å². The molecule has 0 aliphatic carbocycles. The Bertz CT molecular complexity index is 515. The first-order valence-corrected chi connectivity index (χ1v) is 5.43. The lowest BCUT2D eigenvalue weighted by Crippen LogP contribution is -2.32. The first kappa shape index (κ1) is 12.9. The molecule has 1 saturated heterocycles. The summed E-state index contributed by atoms with van der Waals surface area (Å²) < 4.78 is 38.3. The summed E-state index contributed by atoms with van der Waals surface area (Å²) in [6.07, 6.45) is -4.92. The number of anilines is 1. The number of alkyl halides is 4. The Morgan fingerprint density at radius 3 is 2.33 bits per heavy atom. The number of amides is 2. The second-order valence-electron chi connectivity index (χ2n) is 3.75. The molecule has 1 aliphatic rings. The second kappa shape index (κ2) is 4.28. The number of imide groups is 1. The van der Waals surface area contributed by atoms with Crippen LogP contribution in [0.3, 0.4) is 0 Å². The van der Waals surface area contributed by atoms with Crippen LogP contribution in [0, 0.1) is 0 Å². The molecule has 1 aromatic carbocycles. The molecule has 1 atom stereocenters. The number of nitrogens with zero attached hydrogens (tertiary/aromatic N) is 1. The van der Waals surface area contributed by atoms with Crippen LogP contribution in [0.15, 0.2) is 24.3 Å². The number of para-hydroxylation sites is 1. The van der Waals surface area contributed by atoms with E-state index < -0.39 is 34.6 Å². The van der Waals surface area contributed by atoms with Crippen LogP contribution in [0.4, 0.5) is 18.9 Å². The number of hydrogen-bond acceptors (Lipinski definition) is 2. The molecule has 0 spiro atoms. The number of rotatable bonds is 1. The largest absolute Gasteiger partial charge is 0.418 e. The fourth-order valence-electron chi connectivity index (χ4n) is 1.76. The molecule has 2 amide bonds. The third-order valence-electron chi connectivity index (χ3n) is 2.54. The van der Waals surface area contributed by atoms with Gasteiger partial charge in [0.05, 0.1) is 17.7 Å². The molecule has 0 saturated carbocycles. The molecule has 1 heterocycles. The van der Waals surface area contributed by atoms with E-state index in [9.17, 15) is 22.8 Å². The molecular weight excluding hydrogens is 271 g/mol. The van der Waals surface area contributed by atoms with Gasteiger partial charge in [0.2, 0.25) is 5.91 Å². The number of halogens is 4. The van der Waals surface area contributed by atoms with Crippen LogP contribution in [0.25, 0.3) is 0 Å². The number of benzene rings is 1. The van der Waals surface area contributed by atoms with E-state index in [0.29, 0.717) is 4.90 Å². The SMILES string of the molecule is O=C1CC(Cl)C(=O)N1c1ccccc1C(F)(F)F. The Labute approximate surface area is 105 Å². The van der Waals surface area contributed by atoms with Gasteiger partial charge in [-0.1, -0.05) is 12.1 Å². The minimum Gasteiger partial charge on any atom is -0.274 e. The Hall–Kier alpha value is -1.56. The van der Waals surface area contributed by atoms with Crippen molar-refractivity contribution in [2.24, 2.45) is 0 Å². The highest BCUT2D eigenvalue weighted by Crippen LogP contribution is 2.38. The molecule has 1 fully saturated rings. The summed E-state index contributed by atoms with van der Waals surface area (Å²) in [5.74, 6) is -1.55. The zero-order valence-corrected chi connectivity index (χ0v) is 9.63. The lowest BCUT2D eigenvalue weighted by Gasteiger charge is -2.19. The molecule has 1 aromatic rings. The normalized spacial score (nSPS) is 20.7. The van der Waals surface area contributed by atoms with Crippen molar-refractivity contribution in [3.8, 4) is 0 Å². The third-order valence-corrected chi connectivity index (χ3v) is 2.88. The third kappa shape index (κ3) is 2.08. The molecule has 2 rings (SSSR count). The lowest BCUT2D eigenvalue weighted by molar-refractivity contribution is -0.137. The Balaban J connectivity index is 2.52. The summed E-state index contributed by atoms with van der Waals surface area (Å²) in [4.78, 5) is 23.6. The number of carbonyl (C=O) groups excluding carboxylic acids is 2. The fourth-order valence-corrected chi connectivity index (χ4v) is 1.99. The molecule has 0 bridgehead atoms. The Morgan fingerprint density at radius 1 is 1.22 bits per heavy atom. The zero-order valence-electron chi connectivity index (χ0n) is 8.87. The molecule has 0 radical (unpaired) electrons. The van der Waals surface area contributed by atoms with Crippen LogP contribution in [0.1, 0.15) is 12.0 Å². The topological polar surface area (TPSA) is 37.4 Å². The highest BCUT2D eigenvalue weighted by Gasteiger charge is 2.43. The highest BCUT2D eigenvalue weighted by molar-refractivity contribution is 6.40. The van der Waals surface area contributed by atoms with Gasteiger partial charge >= 0.3 is 6.18 Å². The summed E-state index contributed by atoms with van der Waals surface area (Å²) in [5.41, 5.74) is -1.50. The summed E-state index contributed by atoms with van der Waals surface area (Å²) in [6, 6.07) is 4.41. The van der Waals surface area contributed by atoms with Crippen LogP contribution >= 0.6 is 11.6 Å². The molecule has 18 heavy (non-hydrogen) atoms. The van der Waals surface area contributed by atoms with Crippen LogP contribution in [-0.4, -0.2) is 17.2 Å². The predicted molar refractivity (Wildman–Crippen MR) is 58.2 cm³/mol. The highest BCUT2D eigenvalue weighted by atomic mass is 35.5. The van der Waals surface area contributed by atoms with Crippen molar-refractivity contribution < 1.29 is 22.8 Å². The van der Waals surface area contributed by atoms with Gasteiger partial charge in [0.1, 0.15) is 5.38 Å². The molecule has 0 N–H and O–H groups in total. The molecule has 1 unspecified atom stereocenters. The van der Waals surface area contributed by atoms with Gasteiger partial charge in [0.15, 0.2) is 0 Å². The smallest absolute Gasteiger partial charge is 0.274 e. The minimum atomic E-state index is -4.64. The molecule has 1 aliphatic heterocycles. The van der Waals surface area contributed by atoms with Gasteiger partial charge in [0, 0.05) is 0 Å². The van der Waals surface area contributed by atoms with Crippen LogP contribution in [0.5, 0.6) is 0 Å². The van der Waals surface area contributed by atoms with E-state index in [1.165, 1.54) is 12.1 Å². The predicted octanol–water partition coefficient (Wildman–Crippen LogP) is 2.58. The van der Waals surface area contributed by atoms with Gasteiger partial charge in [-0.05, 0) is 12.1 Å². The monoisotopic (exact) mass is 277 g/mol. The van der Waals surface area contributed by atoms with E-state index in [2.05, 4.69) is 0 Å². The zero-order chi connectivity index (χ0) is 13.5. The van der Waals surface area contributed by atoms with Crippen molar-refractivity contribution in [2.45, 2.75) is 18.0 Å². The average molecular weight is 278 g/mol. The van der Waals surface area contributed by atoms with Crippen molar-refractivity contribution in [1.29, 1.82) is 0 Å². The van der Waals surface area contributed by atoms with Crippen LogP contribution in [0.2, 0.25) is 0 Å². The van der Waals surface area contributed by atoms with E-state index in [1.54, 1.807) is 0 Å². The molecule has 96 valence electrons. The second-order valence-corrected chi connectivity index (χ2v) is 4.28. The van der Waals surface area contributed by atoms with Crippen molar-refractivity contribution in [1.82, 2.24) is 0 Å². The molecule has 7 heteroatoms. The fraction of sp³-hybridized carbons (Fsp3) is 0.273. The maximum atomic E-state index is 12.8. The van der Waals surface area contributed by atoms with Gasteiger partial charge in [-0.3, -0.25) is 9.59 Å². The van der Waals surface area contributed by atoms with E-state index in [1.807, 2.05) is 0 Å². The van der Waals surface area contributed by atoms with Gasteiger partial charge in [-0.25, -0.2) is 4.90 Å². The lowest BCUT2D eigenvalue weighted by atomic mass is 10.1. The van der Waals surface area contributed by atoms with Crippen molar-refractivity contribution in [3.63, 3.8) is 0 Å². The number of carbonyl (C=O) groups is 2. The van der Waals surface area contributed by atoms with Crippen LogP contribution < -0.4 is 4.90 Å². The minimum absolute atomic E-state index is 0.285. The Morgan fingerprint density at radius 2 is 1.83 bits per heavy atom. The standard InChI is InChI=1S/C11H7ClF3NO2/c12-7-5-9(17)16(10(7)18)8-4-2-1-3-6(8)11(13,14)15/h1-4,7H,5H2.